The minimum Gasteiger partial charge on any atom is -0.478 e. The largest absolute Gasteiger partial charge is 0.478 e. The number of anilines is 1. The van der Waals surface area contributed by atoms with Crippen LogP contribution in [0.2, 0.25) is 0 Å². The van der Waals surface area contributed by atoms with Gasteiger partial charge in [-0.2, -0.15) is 0 Å². The lowest BCUT2D eigenvalue weighted by molar-refractivity contribution is -0.119. The second-order valence-electron chi connectivity index (χ2n) is 4.74. The third-order valence-electron chi connectivity index (χ3n) is 3.17. The Balaban J connectivity index is 2.03. The molecule has 1 amide bonds. The third kappa shape index (κ3) is 4.05. The fourth-order valence-corrected chi connectivity index (χ4v) is 2.54. The van der Waals surface area contributed by atoms with Gasteiger partial charge in [-0.25, -0.2) is 4.79 Å². The van der Waals surface area contributed by atoms with Crippen molar-refractivity contribution in [1.29, 1.82) is 0 Å². The molecule has 1 heterocycles. The zero-order chi connectivity index (χ0) is 14.5. The molecule has 0 saturated carbocycles. The Kier molecular flexibility index (Phi) is 5.14. The van der Waals surface area contributed by atoms with Crippen molar-refractivity contribution < 1.29 is 19.4 Å². The molecule has 0 aromatic heterocycles. The number of ether oxygens (including phenoxy) is 1. The highest BCUT2D eigenvalue weighted by molar-refractivity contribution is 9.10. The topological polar surface area (TPSA) is 75.6 Å². The fourth-order valence-electron chi connectivity index (χ4n) is 2.18. The third-order valence-corrected chi connectivity index (χ3v) is 3.67. The SMILES string of the molecule is O=C(CC1CCCCO1)Nc1cc(Br)ccc1C(=O)O. The molecule has 1 fully saturated rings. The van der Waals surface area contributed by atoms with E-state index in [1.54, 1.807) is 12.1 Å². The van der Waals surface area contributed by atoms with Crippen LogP contribution in [0.3, 0.4) is 0 Å². The smallest absolute Gasteiger partial charge is 0.337 e. The van der Waals surface area contributed by atoms with Gasteiger partial charge in [-0.3, -0.25) is 4.79 Å². The van der Waals surface area contributed by atoms with Gasteiger partial charge < -0.3 is 15.2 Å². The molecular formula is C14H16BrNO4. The van der Waals surface area contributed by atoms with Gasteiger partial charge in [0, 0.05) is 11.1 Å². The van der Waals surface area contributed by atoms with Crippen molar-refractivity contribution in [2.45, 2.75) is 31.8 Å². The van der Waals surface area contributed by atoms with E-state index in [0.717, 1.165) is 19.3 Å². The summed E-state index contributed by atoms with van der Waals surface area (Å²) in [6, 6.07) is 4.67. The van der Waals surface area contributed by atoms with Gasteiger partial charge in [0.15, 0.2) is 0 Å². The van der Waals surface area contributed by atoms with Crippen LogP contribution in [0.1, 0.15) is 36.0 Å². The molecule has 1 atom stereocenters. The molecule has 6 heteroatoms. The van der Waals surface area contributed by atoms with Crippen LogP contribution in [-0.2, 0) is 9.53 Å². The standard InChI is InChI=1S/C14H16BrNO4/c15-9-4-5-11(14(18)19)12(7-9)16-13(17)8-10-3-1-2-6-20-10/h4-5,7,10H,1-3,6,8H2,(H,16,17)(H,18,19). The van der Waals surface area contributed by atoms with Gasteiger partial charge >= 0.3 is 5.97 Å². The summed E-state index contributed by atoms with van der Waals surface area (Å²) < 4.78 is 6.22. The molecule has 1 aliphatic heterocycles. The number of nitrogens with one attached hydrogen (secondary N) is 1. The molecule has 0 radical (unpaired) electrons. The fraction of sp³-hybridized carbons (Fsp3) is 0.429. The monoisotopic (exact) mass is 341 g/mol. The minimum absolute atomic E-state index is 0.0656. The van der Waals surface area contributed by atoms with Crippen LogP contribution in [0.25, 0.3) is 0 Å². The lowest BCUT2D eigenvalue weighted by Gasteiger charge is -2.22. The maximum Gasteiger partial charge on any atom is 0.337 e. The Morgan fingerprint density at radius 3 is 2.85 bits per heavy atom. The first-order valence-electron chi connectivity index (χ1n) is 6.50. The van der Waals surface area contributed by atoms with Crippen molar-refractivity contribution in [3.05, 3.63) is 28.2 Å². The van der Waals surface area contributed by atoms with Crippen molar-refractivity contribution in [2.24, 2.45) is 0 Å². The molecule has 1 unspecified atom stereocenters. The number of carbonyl (C=O) groups excluding carboxylic acids is 1. The summed E-state index contributed by atoms with van der Waals surface area (Å²) in [7, 11) is 0. The maximum atomic E-state index is 12.0. The molecule has 2 rings (SSSR count). The van der Waals surface area contributed by atoms with E-state index >= 15 is 0 Å². The predicted molar refractivity (Wildman–Crippen MR) is 77.9 cm³/mol. The molecule has 2 N–H and O–H groups in total. The van der Waals surface area contributed by atoms with Gasteiger partial charge in [0.25, 0.3) is 0 Å². The Labute approximate surface area is 125 Å². The Hall–Kier alpha value is -1.40. The Morgan fingerprint density at radius 1 is 1.40 bits per heavy atom. The van der Waals surface area contributed by atoms with Crippen LogP contribution in [0, 0.1) is 0 Å². The summed E-state index contributed by atoms with van der Waals surface area (Å²) in [5.74, 6) is -1.29. The first kappa shape index (κ1) is 15.0. The predicted octanol–water partition coefficient (Wildman–Crippen LogP) is 3.05. The summed E-state index contributed by atoms with van der Waals surface area (Å²) in [5.41, 5.74) is 0.374. The first-order chi connectivity index (χ1) is 9.56. The second kappa shape index (κ2) is 6.85. The maximum absolute atomic E-state index is 12.0. The van der Waals surface area contributed by atoms with E-state index in [2.05, 4.69) is 21.2 Å². The molecule has 0 bridgehead atoms. The van der Waals surface area contributed by atoms with Gasteiger partial charge in [0.1, 0.15) is 0 Å². The normalized spacial score (nSPS) is 18.6. The van der Waals surface area contributed by atoms with Crippen LogP contribution in [0.15, 0.2) is 22.7 Å². The van der Waals surface area contributed by atoms with Crippen molar-refractivity contribution in [3.8, 4) is 0 Å². The number of benzene rings is 1. The minimum atomic E-state index is -1.07. The van der Waals surface area contributed by atoms with Gasteiger partial charge in [-0.15, -0.1) is 0 Å². The number of hydrogen-bond donors (Lipinski definition) is 2. The van der Waals surface area contributed by atoms with E-state index in [1.807, 2.05) is 0 Å². The average Bonchev–Trinajstić information content (AvgIpc) is 2.39. The van der Waals surface area contributed by atoms with E-state index < -0.39 is 5.97 Å². The number of carboxylic acid groups (broad SMARTS) is 1. The highest BCUT2D eigenvalue weighted by Gasteiger charge is 2.19. The number of carboxylic acids is 1. The summed E-state index contributed by atoms with van der Waals surface area (Å²) >= 11 is 3.26. The highest BCUT2D eigenvalue weighted by atomic mass is 79.9. The summed E-state index contributed by atoms with van der Waals surface area (Å²) in [6.07, 6.45) is 3.16. The van der Waals surface area contributed by atoms with Gasteiger partial charge in [-0.1, -0.05) is 15.9 Å². The molecule has 0 spiro atoms. The van der Waals surface area contributed by atoms with Crippen molar-refractivity contribution in [1.82, 2.24) is 0 Å². The van der Waals surface area contributed by atoms with E-state index in [0.29, 0.717) is 16.8 Å². The molecule has 1 aromatic rings. The Morgan fingerprint density at radius 2 is 2.20 bits per heavy atom. The van der Waals surface area contributed by atoms with Crippen molar-refractivity contribution in [2.75, 3.05) is 11.9 Å². The summed E-state index contributed by atoms with van der Waals surface area (Å²) in [4.78, 5) is 23.1. The quantitative estimate of drug-likeness (QED) is 0.882. The number of aromatic carboxylic acids is 1. The van der Waals surface area contributed by atoms with Crippen LogP contribution in [0.4, 0.5) is 5.69 Å². The summed E-state index contributed by atoms with van der Waals surface area (Å²) in [6.45, 7) is 0.690. The summed E-state index contributed by atoms with van der Waals surface area (Å²) in [5, 5.41) is 11.7. The average molecular weight is 342 g/mol. The molecule has 1 aromatic carbocycles. The van der Waals surface area contributed by atoms with E-state index in [-0.39, 0.29) is 24.0 Å². The molecule has 0 aliphatic carbocycles. The van der Waals surface area contributed by atoms with Gasteiger partial charge in [0.2, 0.25) is 5.91 Å². The molecule has 1 aliphatic rings. The Bertz CT molecular complexity index is 512. The molecular weight excluding hydrogens is 326 g/mol. The van der Waals surface area contributed by atoms with E-state index in [9.17, 15) is 9.59 Å². The van der Waals surface area contributed by atoms with Crippen molar-refractivity contribution in [3.63, 3.8) is 0 Å². The number of hydrogen-bond acceptors (Lipinski definition) is 3. The zero-order valence-electron chi connectivity index (χ0n) is 10.9. The van der Waals surface area contributed by atoms with Crippen molar-refractivity contribution >= 4 is 33.5 Å². The molecule has 20 heavy (non-hydrogen) atoms. The van der Waals surface area contributed by atoms with Gasteiger partial charge in [0.05, 0.1) is 23.8 Å². The molecule has 108 valence electrons. The lowest BCUT2D eigenvalue weighted by Crippen LogP contribution is -2.26. The number of rotatable bonds is 4. The number of amides is 1. The molecule has 1 saturated heterocycles. The van der Waals surface area contributed by atoms with E-state index in [4.69, 9.17) is 9.84 Å². The molecule has 5 nitrogen and oxygen atoms in total. The number of carbonyl (C=O) groups is 2. The van der Waals surface area contributed by atoms with Crippen LogP contribution < -0.4 is 5.32 Å². The van der Waals surface area contributed by atoms with Crippen LogP contribution >= 0.6 is 15.9 Å². The zero-order valence-corrected chi connectivity index (χ0v) is 12.5. The first-order valence-corrected chi connectivity index (χ1v) is 7.30. The second-order valence-corrected chi connectivity index (χ2v) is 5.65. The van der Waals surface area contributed by atoms with Gasteiger partial charge in [-0.05, 0) is 37.5 Å². The lowest BCUT2D eigenvalue weighted by atomic mass is 10.1. The highest BCUT2D eigenvalue weighted by Crippen LogP contribution is 2.23. The van der Waals surface area contributed by atoms with E-state index in [1.165, 1.54) is 6.07 Å². The van der Waals surface area contributed by atoms with Crippen LogP contribution in [-0.4, -0.2) is 29.7 Å². The van der Waals surface area contributed by atoms with Crippen LogP contribution in [0.5, 0.6) is 0 Å². The number of halogens is 1.